The Morgan fingerprint density at radius 2 is 1.79 bits per heavy atom. The zero-order valence-electron chi connectivity index (χ0n) is 16.4. The van der Waals surface area contributed by atoms with Gasteiger partial charge >= 0.3 is 0 Å². The number of hydrogen-bond donors (Lipinski definition) is 0. The number of nitriles is 1. The van der Waals surface area contributed by atoms with Gasteiger partial charge in [-0.2, -0.15) is 5.26 Å². The fourth-order valence-corrected chi connectivity index (χ4v) is 4.71. The number of carbonyl (C=O) groups excluding carboxylic acids is 1. The number of hydrogen-bond acceptors (Lipinski definition) is 4. The maximum absolute atomic E-state index is 13.9. The average molecular weight is 384 g/mol. The zero-order chi connectivity index (χ0) is 19.5. The van der Waals surface area contributed by atoms with Crippen LogP contribution < -0.4 is 4.90 Å². The van der Waals surface area contributed by atoms with Crippen LogP contribution in [0.1, 0.15) is 44.1 Å². The Morgan fingerprint density at radius 3 is 2.43 bits per heavy atom. The van der Waals surface area contributed by atoms with Gasteiger partial charge in [0.15, 0.2) is 0 Å². The third-order valence-corrected chi connectivity index (χ3v) is 6.72. The topological polar surface area (TPSA) is 50.6 Å². The minimum atomic E-state index is -0.473. The molecule has 3 fully saturated rings. The Hall–Kier alpha value is -2.13. The highest BCUT2D eigenvalue weighted by molar-refractivity contribution is 5.79. The van der Waals surface area contributed by atoms with Gasteiger partial charge in [0.25, 0.3) is 0 Å². The number of anilines is 1. The van der Waals surface area contributed by atoms with E-state index in [1.54, 1.807) is 6.07 Å². The van der Waals surface area contributed by atoms with Crippen LogP contribution in [0.4, 0.5) is 10.1 Å². The normalized spacial score (nSPS) is 22.4. The molecule has 0 atom stereocenters. The van der Waals surface area contributed by atoms with E-state index in [1.807, 2.05) is 6.07 Å². The molecule has 0 aromatic heterocycles. The molecule has 1 amide bonds. The molecule has 28 heavy (non-hydrogen) atoms. The summed E-state index contributed by atoms with van der Waals surface area (Å²) in [5.41, 5.74) is 0.874. The molecule has 2 heterocycles. The summed E-state index contributed by atoms with van der Waals surface area (Å²) in [6.45, 7) is 5.38. The molecule has 5 nitrogen and oxygen atoms in total. The zero-order valence-corrected chi connectivity index (χ0v) is 16.4. The SMILES string of the molecule is N#Cc1ccc(N2CCC(C(=O)N3CCCN(C4CCC4)CC3)CC2)cc1F. The van der Waals surface area contributed by atoms with Gasteiger partial charge in [-0.1, -0.05) is 6.42 Å². The Labute approximate surface area is 166 Å². The molecule has 3 aliphatic rings. The summed E-state index contributed by atoms with van der Waals surface area (Å²) < 4.78 is 13.9. The Balaban J connectivity index is 1.30. The Kier molecular flexibility index (Phi) is 5.82. The molecule has 1 aliphatic carbocycles. The van der Waals surface area contributed by atoms with Gasteiger partial charge in [0, 0.05) is 56.9 Å². The first-order valence-electron chi connectivity index (χ1n) is 10.6. The first-order chi connectivity index (χ1) is 13.7. The van der Waals surface area contributed by atoms with Gasteiger partial charge in [-0.15, -0.1) is 0 Å². The predicted molar refractivity (Wildman–Crippen MR) is 106 cm³/mol. The van der Waals surface area contributed by atoms with Crippen molar-refractivity contribution in [3.05, 3.63) is 29.6 Å². The second-order valence-electron chi connectivity index (χ2n) is 8.34. The summed E-state index contributed by atoms with van der Waals surface area (Å²) in [5, 5.41) is 8.87. The lowest BCUT2D eigenvalue weighted by Gasteiger charge is -2.37. The second-order valence-corrected chi connectivity index (χ2v) is 8.34. The second kappa shape index (κ2) is 8.48. The number of rotatable bonds is 3. The average Bonchev–Trinajstić information content (AvgIpc) is 2.92. The van der Waals surface area contributed by atoms with E-state index in [1.165, 1.54) is 31.4 Å². The van der Waals surface area contributed by atoms with Gasteiger partial charge in [0.2, 0.25) is 5.91 Å². The molecular formula is C22H29FN4O. The number of carbonyl (C=O) groups is 1. The van der Waals surface area contributed by atoms with Crippen molar-refractivity contribution >= 4 is 11.6 Å². The molecule has 0 radical (unpaired) electrons. The molecule has 0 N–H and O–H groups in total. The summed E-state index contributed by atoms with van der Waals surface area (Å²) >= 11 is 0. The summed E-state index contributed by atoms with van der Waals surface area (Å²) in [7, 11) is 0. The van der Waals surface area contributed by atoms with Crippen molar-refractivity contribution in [2.45, 2.75) is 44.6 Å². The first-order valence-corrected chi connectivity index (χ1v) is 10.6. The van der Waals surface area contributed by atoms with Crippen molar-refractivity contribution in [1.29, 1.82) is 5.26 Å². The number of benzene rings is 1. The summed E-state index contributed by atoms with van der Waals surface area (Å²) in [6, 6.07) is 7.38. The maximum atomic E-state index is 13.9. The van der Waals surface area contributed by atoms with E-state index >= 15 is 0 Å². The van der Waals surface area contributed by atoms with Gasteiger partial charge in [-0.3, -0.25) is 9.69 Å². The highest BCUT2D eigenvalue weighted by Crippen LogP contribution is 2.28. The third kappa shape index (κ3) is 4.00. The van der Waals surface area contributed by atoms with Crippen molar-refractivity contribution in [2.24, 2.45) is 5.92 Å². The standard InChI is InChI=1S/C22H29FN4O/c23-21-15-20(6-5-18(21)16-24)26-11-7-17(8-12-26)22(28)27-10-2-9-25(13-14-27)19-3-1-4-19/h5-6,15,17,19H,1-4,7-14H2. The molecule has 4 rings (SSSR count). The summed E-state index contributed by atoms with van der Waals surface area (Å²) in [5.74, 6) is -0.0883. The molecule has 0 spiro atoms. The van der Waals surface area contributed by atoms with Crippen LogP contribution in [-0.2, 0) is 4.79 Å². The maximum Gasteiger partial charge on any atom is 0.225 e. The number of amides is 1. The van der Waals surface area contributed by atoms with E-state index in [-0.39, 0.29) is 11.5 Å². The van der Waals surface area contributed by atoms with Crippen LogP contribution in [0, 0.1) is 23.1 Å². The molecule has 6 heteroatoms. The van der Waals surface area contributed by atoms with Crippen LogP contribution in [0.15, 0.2) is 18.2 Å². The molecule has 1 aromatic rings. The van der Waals surface area contributed by atoms with E-state index in [0.717, 1.165) is 70.3 Å². The minimum Gasteiger partial charge on any atom is -0.371 e. The molecule has 0 unspecified atom stereocenters. The number of piperidine rings is 1. The minimum absolute atomic E-state index is 0.0749. The molecule has 1 aromatic carbocycles. The van der Waals surface area contributed by atoms with Crippen molar-refractivity contribution in [2.75, 3.05) is 44.2 Å². The summed E-state index contributed by atoms with van der Waals surface area (Å²) in [4.78, 5) is 19.8. The van der Waals surface area contributed by atoms with Crippen molar-refractivity contribution < 1.29 is 9.18 Å². The Morgan fingerprint density at radius 1 is 1.00 bits per heavy atom. The summed E-state index contributed by atoms with van der Waals surface area (Å²) in [6.07, 6.45) is 6.69. The van der Waals surface area contributed by atoms with E-state index in [4.69, 9.17) is 5.26 Å². The van der Waals surface area contributed by atoms with Gasteiger partial charge in [-0.25, -0.2) is 4.39 Å². The van der Waals surface area contributed by atoms with Crippen molar-refractivity contribution in [3.8, 4) is 6.07 Å². The van der Waals surface area contributed by atoms with E-state index in [2.05, 4.69) is 14.7 Å². The van der Waals surface area contributed by atoms with Crippen LogP contribution >= 0.6 is 0 Å². The van der Waals surface area contributed by atoms with Crippen LogP contribution in [-0.4, -0.2) is 61.0 Å². The van der Waals surface area contributed by atoms with E-state index in [0.29, 0.717) is 5.91 Å². The van der Waals surface area contributed by atoms with Gasteiger partial charge in [-0.05, 0) is 50.3 Å². The molecule has 0 bridgehead atoms. The monoisotopic (exact) mass is 384 g/mol. The highest BCUT2D eigenvalue weighted by atomic mass is 19.1. The lowest BCUT2D eigenvalue weighted by atomic mass is 9.91. The number of nitrogens with zero attached hydrogens (tertiary/aromatic N) is 4. The van der Waals surface area contributed by atoms with Crippen LogP contribution in [0.5, 0.6) is 0 Å². The first kappa shape index (κ1) is 19.2. The lowest BCUT2D eigenvalue weighted by molar-refractivity contribution is -0.136. The van der Waals surface area contributed by atoms with Gasteiger partial charge in [0.05, 0.1) is 5.56 Å². The third-order valence-electron chi connectivity index (χ3n) is 6.72. The van der Waals surface area contributed by atoms with Crippen LogP contribution in [0.25, 0.3) is 0 Å². The quantitative estimate of drug-likeness (QED) is 0.804. The van der Waals surface area contributed by atoms with Crippen LogP contribution in [0.2, 0.25) is 0 Å². The van der Waals surface area contributed by atoms with Crippen molar-refractivity contribution in [1.82, 2.24) is 9.80 Å². The van der Waals surface area contributed by atoms with Gasteiger partial charge in [0.1, 0.15) is 11.9 Å². The fraction of sp³-hybridized carbons (Fsp3) is 0.636. The van der Waals surface area contributed by atoms with E-state index in [9.17, 15) is 9.18 Å². The van der Waals surface area contributed by atoms with Crippen molar-refractivity contribution in [3.63, 3.8) is 0 Å². The molecule has 1 saturated carbocycles. The molecular weight excluding hydrogens is 355 g/mol. The highest BCUT2D eigenvalue weighted by Gasteiger charge is 2.32. The number of halogens is 1. The molecule has 150 valence electrons. The van der Waals surface area contributed by atoms with E-state index < -0.39 is 5.82 Å². The molecule has 2 saturated heterocycles. The predicted octanol–water partition coefficient (Wildman–Crippen LogP) is 3.00. The fourth-order valence-electron chi connectivity index (χ4n) is 4.71. The van der Waals surface area contributed by atoms with Gasteiger partial charge < -0.3 is 9.80 Å². The Bertz CT molecular complexity index is 749. The smallest absolute Gasteiger partial charge is 0.225 e. The molecule has 2 aliphatic heterocycles. The largest absolute Gasteiger partial charge is 0.371 e. The van der Waals surface area contributed by atoms with Crippen LogP contribution in [0.3, 0.4) is 0 Å². The lowest BCUT2D eigenvalue weighted by Crippen LogP contribution is -2.45.